The summed E-state index contributed by atoms with van der Waals surface area (Å²) in [6.45, 7) is 1.26. The number of nitrogens with zero attached hydrogens (tertiary/aromatic N) is 2. The minimum Gasteiger partial charge on any atom is -0.489 e. The molecule has 5 aromatic rings. The molecule has 3 N–H and O–H groups in total. The van der Waals surface area contributed by atoms with Gasteiger partial charge in [-0.3, -0.25) is 0 Å². The number of para-hydroxylation sites is 2. The molecule has 0 saturated heterocycles. The summed E-state index contributed by atoms with van der Waals surface area (Å²) in [7, 11) is 2.08. The van der Waals surface area contributed by atoms with Crippen LogP contribution < -0.4 is 10.5 Å². The zero-order valence-electron chi connectivity index (χ0n) is 18.3. The monoisotopic (exact) mass is 424 g/mol. The molecular weight excluding hydrogens is 396 g/mol. The summed E-state index contributed by atoms with van der Waals surface area (Å²) < 4.78 is 8.28. The molecule has 0 bridgehead atoms. The van der Waals surface area contributed by atoms with Crippen molar-refractivity contribution in [2.24, 2.45) is 12.8 Å². The normalized spacial score (nSPS) is 11.4. The number of aromatic amines is 1. The standard InChI is InChI=1S/C27H28N4O/c1-31-25-13-6-5-12-24(25)30-27(31)26-21(11-7-8-16-28)22-17-20(14-15-23(22)29-26)32-18-19-9-3-2-4-10-19/h2-6,9-10,12-15,17,29H,7-8,11,16,18,28H2,1H3. The van der Waals surface area contributed by atoms with Crippen LogP contribution in [0.5, 0.6) is 5.75 Å². The van der Waals surface area contributed by atoms with Gasteiger partial charge in [0.05, 0.1) is 16.7 Å². The number of fused-ring (bicyclic) bond motifs is 2. The lowest BCUT2D eigenvalue weighted by Crippen LogP contribution is -2.00. The quantitative estimate of drug-likeness (QED) is 0.319. The first-order valence-corrected chi connectivity index (χ1v) is 11.2. The van der Waals surface area contributed by atoms with Crippen LogP contribution in [-0.2, 0) is 20.1 Å². The topological polar surface area (TPSA) is 68.9 Å². The fourth-order valence-electron chi connectivity index (χ4n) is 4.32. The minimum atomic E-state index is 0.552. The summed E-state index contributed by atoms with van der Waals surface area (Å²) >= 11 is 0. The number of unbranched alkanes of at least 4 members (excludes halogenated alkanes) is 1. The van der Waals surface area contributed by atoms with E-state index in [0.29, 0.717) is 13.2 Å². The van der Waals surface area contributed by atoms with Gasteiger partial charge in [0.1, 0.15) is 12.4 Å². The average Bonchev–Trinajstić information content (AvgIpc) is 3.36. The van der Waals surface area contributed by atoms with Crippen LogP contribution in [0.25, 0.3) is 33.5 Å². The summed E-state index contributed by atoms with van der Waals surface area (Å²) in [6.07, 6.45) is 2.98. The Morgan fingerprint density at radius 1 is 0.969 bits per heavy atom. The maximum Gasteiger partial charge on any atom is 0.157 e. The molecule has 2 aromatic heterocycles. The number of aromatic nitrogens is 3. The van der Waals surface area contributed by atoms with Crippen LogP contribution in [0.15, 0.2) is 72.8 Å². The van der Waals surface area contributed by atoms with E-state index in [1.807, 2.05) is 30.3 Å². The number of H-pyrrole nitrogens is 1. The maximum absolute atomic E-state index is 6.11. The van der Waals surface area contributed by atoms with Gasteiger partial charge in [-0.25, -0.2) is 4.98 Å². The second kappa shape index (κ2) is 8.89. The molecule has 3 aromatic carbocycles. The minimum absolute atomic E-state index is 0.552. The molecule has 2 heterocycles. The molecule has 5 rings (SSSR count). The van der Waals surface area contributed by atoms with Crippen LogP contribution in [0.3, 0.4) is 0 Å². The molecule has 0 radical (unpaired) electrons. The molecule has 0 spiro atoms. The van der Waals surface area contributed by atoms with E-state index in [9.17, 15) is 0 Å². The van der Waals surface area contributed by atoms with Crippen LogP contribution in [0.1, 0.15) is 24.0 Å². The molecule has 0 aliphatic carbocycles. The van der Waals surface area contributed by atoms with Gasteiger partial charge in [-0.05, 0) is 67.3 Å². The van der Waals surface area contributed by atoms with Crippen LogP contribution in [-0.4, -0.2) is 21.1 Å². The fraction of sp³-hybridized carbons (Fsp3) is 0.222. The summed E-state index contributed by atoms with van der Waals surface area (Å²) in [5.74, 6) is 1.83. The molecule has 162 valence electrons. The lowest BCUT2D eigenvalue weighted by Gasteiger charge is -2.08. The number of hydrogen-bond acceptors (Lipinski definition) is 3. The molecule has 0 saturated carbocycles. The number of nitrogens with two attached hydrogens (primary N) is 1. The second-order valence-corrected chi connectivity index (χ2v) is 8.19. The van der Waals surface area contributed by atoms with Crippen molar-refractivity contribution in [2.45, 2.75) is 25.9 Å². The van der Waals surface area contributed by atoms with Gasteiger partial charge < -0.3 is 20.0 Å². The number of hydrogen-bond donors (Lipinski definition) is 2. The van der Waals surface area contributed by atoms with Gasteiger partial charge in [-0.1, -0.05) is 42.5 Å². The number of rotatable bonds is 8. The summed E-state index contributed by atoms with van der Waals surface area (Å²) in [4.78, 5) is 8.58. The van der Waals surface area contributed by atoms with E-state index < -0.39 is 0 Å². The van der Waals surface area contributed by atoms with Crippen molar-refractivity contribution in [2.75, 3.05) is 6.54 Å². The first-order valence-electron chi connectivity index (χ1n) is 11.2. The Labute approximate surface area is 187 Å². The van der Waals surface area contributed by atoms with Gasteiger partial charge in [0.2, 0.25) is 0 Å². The maximum atomic E-state index is 6.11. The Bertz CT molecular complexity index is 1350. The zero-order valence-corrected chi connectivity index (χ0v) is 18.3. The van der Waals surface area contributed by atoms with Gasteiger partial charge in [0, 0.05) is 18.0 Å². The molecule has 5 nitrogen and oxygen atoms in total. The third-order valence-electron chi connectivity index (χ3n) is 6.02. The molecule has 0 amide bonds. The molecule has 0 fully saturated rings. The Balaban J connectivity index is 1.55. The Hall–Kier alpha value is -3.57. The van der Waals surface area contributed by atoms with E-state index in [-0.39, 0.29) is 0 Å². The van der Waals surface area contributed by atoms with E-state index in [1.165, 1.54) is 10.9 Å². The highest BCUT2D eigenvalue weighted by atomic mass is 16.5. The molecule has 0 unspecified atom stereocenters. The fourth-order valence-corrected chi connectivity index (χ4v) is 4.32. The Kier molecular flexibility index (Phi) is 5.65. The molecule has 5 heteroatoms. The molecule has 0 aliphatic rings. The van der Waals surface area contributed by atoms with E-state index in [4.69, 9.17) is 15.5 Å². The van der Waals surface area contributed by atoms with Crippen LogP contribution in [0, 0.1) is 0 Å². The van der Waals surface area contributed by atoms with E-state index in [2.05, 4.69) is 59.1 Å². The molecule has 32 heavy (non-hydrogen) atoms. The van der Waals surface area contributed by atoms with Crippen LogP contribution in [0.4, 0.5) is 0 Å². The van der Waals surface area contributed by atoms with Crippen molar-refractivity contribution >= 4 is 21.9 Å². The van der Waals surface area contributed by atoms with Crippen molar-refractivity contribution in [1.29, 1.82) is 0 Å². The highest BCUT2D eigenvalue weighted by molar-refractivity contribution is 5.92. The van der Waals surface area contributed by atoms with E-state index in [1.54, 1.807) is 0 Å². The molecule has 0 aliphatic heterocycles. The van der Waals surface area contributed by atoms with Crippen LogP contribution >= 0.6 is 0 Å². The lowest BCUT2D eigenvalue weighted by atomic mass is 10.0. The third-order valence-corrected chi connectivity index (χ3v) is 6.02. The number of ether oxygens (including phenoxy) is 1. The first-order chi connectivity index (χ1) is 15.7. The summed E-state index contributed by atoms with van der Waals surface area (Å²) in [5.41, 5.74) is 12.5. The molecule has 0 atom stereocenters. The summed E-state index contributed by atoms with van der Waals surface area (Å²) in [6, 6.07) is 24.8. The van der Waals surface area contributed by atoms with Gasteiger partial charge in [-0.15, -0.1) is 0 Å². The van der Waals surface area contributed by atoms with Gasteiger partial charge >= 0.3 is 0 Å². The Morgan fingerprint density at radius 2 is 1.78 bits per heavy atom. The summed E-state index contributed by atoms with van der Waals surface area (Å²) in [5, 5.41) is 1.19. The second-order valence-electron chi connectivity index (χ2n) is 8.19. The first kappa shape index (κ1) is 20.3. The third kappa shape index (κ3) is 3.87. The van der Waals surface area contributed by atoms with Crippen molar-refractivity contribution in [3.63, 3.8) is 0 Å². The van der Waals surface area contributed by atoms with Gasteiger partial charge in [-0.2, -0.15) is 0 Å². The van der Waals surface area contributed by atoms with Crippen molar-refractivity contribution in [1.82, 2.24) is 14.5 Å². The van der Waals surface area contributed by atoms with Crippen molar-refractivity contribution < 1.29 is 4.74 Å². The smallest absolute Gasteiger partial charge is 0.157 e. The highest BCUT2D eigenvalue weighted by Crippen LogP contribution is 2.34. The van der Waals surface area contributed by atoms with Crippen molar-refractivity contribution in [3.05, 3.63) is 83.9 Å². The van der Waals surface area contributed by atoms with Crippen molar-refractivity contribution in [3.8, 4) is 17.3 Å². The predicted molar refractivity (Wildman–Crippen MR) is 131 cm³/mol. The number of aryl methyl sites for hydroxylation is 2. The largest absolute Gasteiger partial charge is 0.489 e. The average molecular weight is 425 g/mol. The highest BCUT2D eigenvalue weighted by Gasteiger charge is 2.18. The Morgan fingerprint density at radius 3 is 2.59 bits per heavy atom. The van der Waals surface area contributed by atoms with Gasteiger partial charge in [0.15, 0.2) is 5.82 Å². The number of imidazole rings is 1. The zero-order chi connectivity index (χ0) is 21.9. The van der Waals surface area contributed by atoms with E-state index in [0.717, 1.165) is 58.6 Å². The predicted octanol–water partition coefficient (Wildman–Crippen LogP) is 5.58. The van der Waals surface area contributed by atoms with Gasteiger partial charge in [0.25, 0.3) is 0 Å². The lowest BCUT2D eigenvalue weighted by molar-refractivity contribution is 0.306. The number of benzene rings is 3. The number of nitrogens with one attached hydrogen (secondary N) is 1. The SMILES string of the molecule is Cn1c(-c2[nH]c3ccc(OCc4ccccc4)cc3c2CCCCN)nc2ccccc21. The van der Waals surface area contributed by atoms with Crippen LogP contribution in [0.2, 0.25) is 0 Å². The van der Waals surface area contributed by atoms with E-state index >= 15 is 0 Å². The molecular formula is C27H28N4O.